The highest BCUT2D eigenvalue weighted by Crippen LogP contribution is 2.27. The lowest BCUT2D eigenvalue weighted by atomic mass is 10.0. The molecule has 5 aromatic rings. The first-order chi connectivity index (χ1) is 17.1. The number of amides is 1. The van der Waals surface area contributed by atoms with Gasteiger partial charge in [-0.1, -0.05) is 60.7 Å². The second-order valence-electron chi connectivity index (χ2n) is 8.38. The molecule has 0 aliphatic carbocycles. The highest BCUT2D eigenvalue weighted by atomic mass is 16.1. The van der Waals surface area contributed by atoms with Crippen molar-refractivity contribution in [3.63, 3.8) is 0 Å². The third kappa shape index (κ3) is 4.61. The van der Waals surface area contributed by atoms with Crippen molar-refractivity contribution in [2.24, 2.45) is 0 Å². The Kier molecular flexibility index (Phi) is 6.22. The van der Waals surface area contributed by atoms with Gasteiger partial charge < -0.3 is 15.6 Å². The van der Waals surface area contributed by atoms with E-state index < -0.39 is 0 Å². The van der Waals surface area contributed by atoms with Crippen molar-refractivity contribution in [2.45, 2.75) is 19.4 Å². The molecule has 2 aromatic heterocycles. The molecule has 0 saturated carbocycles. The fourth-order valence-corrected chi connectivity index (χ4v) is 4.22. The number of aryl methyl sites for hydroxylation is 1. The number of unbranched alkanes of at least 4 members (excludes halogenated alkanes) is 1. The summed E-state index contributed by atoms with van der Waals surface area (Å²) in [6.07, 6.45) is 3.48. The van der Waals surface area contributed by atoms with Crippen LogP contribution in [0.15, 0.2) is 85.2 Å². The smallest absolute Gasteiger partial charge is 0.251 e. The molecule has 0 atom stereocenters. The van der Waals surface area contributed by atoms with E-state index in [1.807, 2.05) is 42.5 Å². The van der Waals surface area contributed by atoms with Crippen LogP contribution in [-0.2, 0) is 6.54 Å². The molecule has 1 amide bonds. The SMILES string of the molecule is Nc1nc2ccccc2c2c1ncn2CCCCNC(=O)c1ccc(C(=O)c2ccccc2)cc1. The number of imidazole rings is 1. The Hall–Kier alpha value is -4.52. The van der Waals surface area contributed by atoms with Crippen molar-refractivity contribution < 1.29 is 9.59 Å². The summed E-state index contributed by atoms with van der Waals surface area (Å²) in [4.78, 5) is 33.9. The Labute approximate surface area is 202 Å². The highest BCUT2D eigenvalue weighted by Gasteiger charge is 2.13. The van der Waals surface area contributed by atoms with Gasteiger partial charge >= 0.3 is 0 Å². The first-order valence-electron chi connectivity index (χ1n) is 11.6. The molecule has 2 heterocycles. The molecule has 0 aliphatic rings. The molecule has 0 aliphatic heterocycles. The number of benzene rings is 3. The van der Waals surface area contributed by atoms with Crippen LogP contribution in [0.5, 0.6) is 0 Å². The Morgan fingerprint density at radius 1 is 0.829 bits per heavy atom. The number of ketones is 1. The quantitative estimate of drug-likeness (QED) is 0.258. The van der Waals surface area contributed by atoms with E-state index in [-0.39, 0.29) is 11.7 Å². The van der Waals surface area contributed by atoms with Crippen LogP contribution in [0.3, 0.4) is 0 Å². The lowest BCUT2D eigenvalue weighted by molar-refractivity contribution is 0.0951. The average molecular weight is 464 g/mol. The van der Waals surface area contributed by atoms with Crippen LogP contribution in [0.1, 0.15) is 39.1 Å². The number of para-hydroxylation sites is 1. The zero-order valence-corrected chi connectivity index (χ0v) is 19.1. The number of nitrogens with two attached hydrogens (primary N) is 1. The number of nitrogens with zero attached hydrogens (tertiary/aromatic N) is 3. The lowest BCUT2D eigenvalue weighted by Gasteiger charge is -2.09. The lowest BCUT2D eigenvalue weighted by Crippen LogP contribution is -2.24. The number of hydrogen-bond donors (Lipinski definition) is 2. The van der Waals surface area contributed by atoms with Gasteiger partial charge in [-0.05, 0) is 31.0 Å². The maximum atomic E-state index is 12.5. The van der Waals surface area contributed by atoms with Crippen molar-refractivity contribution in [1.29, 1.82) is 0 Å². The molecule has 3 N–H and O–H groups in total. The predicted molar refractivity (Wildman–Crippen MR) is 137 cm³/mol. The summed E-state index contributed by atoms with van der Waals surface area (Å²) in [6.45, 7) is 1.32. The molecule has 35 heavy (non-hydrogen) atoms. The van der Waals surface area contributed by atoms with Crippen LogP contribution in [0.2, 0.25) is 0 Å². The number of carbonyl (C=O) groups is 2. The number of fused-ring (bicyclic) bond motifs is 3. The molecule has 0 radical (unpaired) electrons. The minimum absolute atomic E-state index is 0.0603. The number of aromatic nitrogens is 3. The molecule has 0 spiro atoms. The van der Waals surface area contributed by atoms with Gasteiger partial charge in [-0.25, -0.2) is 9.97 Å². The second-order valence-corrected chi connectivity index (χ2v) is 8.38. The Morgan fingerprint density at radius 2 is 1.51 bits per heavy atom. The third-order valence-electron chi connectivity index (χ3n) is 6.04. The number of nitrogens with one attached hydrogen (secondary N) is 1. The van der Waals surface area contributed by atoms with Crippen LogP contribution < -0.4 is 11.1 Å². The molecule has 174 valence electrons. The van der Waals surface area contributed by atoms with Crippen molar-refractivity contribution in [3.8, 4) is 0 Å². The second kappa shape index (κ2) is 9.77. The van der Waals surface area contributed by atoms with Crippen molar-refractivity contribution in [1.82, 2.24) is 19.9 Å². The summed E-state index contributed by atoms with van der Waals surface area (Å²) in [5, 5.41) is 3.98. The van der Waals surface area contributed by atoms with Gasteiger partial charge in [0.05, 0.1) is 17.4 Å². The van der Waals surface area contributed by atoms with E-state index in [0.717, 1.165) is 35.8 Å². The number of pyridine rings is 1. The fourth-order valence-electron chi connectivity index (χ4n) is 4.22. The number of anilines is 1. The summed E-state index contributed by atoms with van der Waals surface area (Å²) in [5.74, 6) is 0.220. The third-order valence-corrected chi connectivity index (χ3v) is 6.04. The van der Waals surface area contributed by atoms with E-state index >= 15 is 0 Å². The summed E-state index contributed by atoms with van der Waals surface area (Å²) < 4.78 is 2.10. The molecule has 0 fully saturated rings. The summed E-state index contributed by atoms with van der Waals surface area (Å²) in [7, 11) is 0. The van der Waals surface area contributed by atoms with Crippen molar-refractivity contribution in [2.75, 3.05) is 12.3 Å². The number of hydrogen-bond acceptors (Lipinski definition) is 5. The van der Waals surface area contributed by atoms with Crippen LogP contribution in [0.4, 0.5) is 5.82 Å². The first kappa shape index (κ1) is 22.3. The maximum Gasteiger partial charge on any atom is 0.251 e. The van der Waals surface area contributed by atoms with E-state index in [2.05, 4.69) is 19.9 Å². The molecule has 7 heteroatoms. The standard InChI is InChI=1S/C28H25N5O2/c29-27-24-25(22-10-4-5-11-23(22)32-27)33(18-31-24)17-7-6-16-30-28(35)21-14-12-20(13-15-21)26(34)19-8-2-1-3-9-19/h1-5,8-15,18H,6-7,16-17H2,(H2,29,32)(H,30,35). The van der Waals surface area contributed by atoms with Crippen molar-refractivity contribution >= 4 is 39.4 Å². The van der Waals surface area contributed by atoms with Gasteiger partial charge in [0.1, 0.15) is 5.52 Å². The van der Waals surface area contributed by atoms with Crippen LogP contribution in [0, 0.1) is 0 Å². The Balaban J connectivity index is 1.15. The molecule has 0 saturated heterocycles. The number of nitrogen functional groups attached to an aromatic ring is 1. The Bertz CT molecular complexity index is 1510. The van der Waals surface area contributed by atoms with Gasteiger partial charge in [0, 0.05) is 35.2 Å². The van der Waals surface area contributed by atoms with Crippen LogP contribution in [0.25, 0.3) is 21.9 Å². The van der Waals surface area contributed by atoms with Crippen molar-refractivity contribution in [3.05, 3.63) is 102 Å². The molecular formula is C28H25N5O2. The summed E-state index contributed by atoms with van der Waals surface area (Å²) >= 11 is 0. The van der Waals surface area contributed by atoms with Gasteiger partial charge in [0.25, 0.3) is 5.91 Å². The first-order valence-corrected chi connectivity index (χ1v) is 11.6. The largest absolute Gasteiger partial charge is 0.382 e. The zero-order valence-electron chi connectivity index (χ0n) is 19.1. The van der Waals surface area contributed by atoms with Gasteiger partial charge in [0.2, 0.25) is 0 Å². The maximum absolute atomic E-state index is 12.5. The van der Waals surface area contributed by atoms with E-state index in [1.165, 1.54) is 0 Å². The number of carbonyl (C=O) groups excluding carboxylic acids is 2. The average Bonchev–Trinajstić information content (AvgIpc) is 3.33. The minimum Gasteiger partial charge on any atom is -0.382 e. The van der Waals surface area contributed by atoms with E-state index in [4.69, 9.17) is 5.73 Å². The summed E-state index contributed by atoms with van der Waals surface area (Å²) in [5.41, 5.74) is 10.4. The van der Waals surface area contributed by atoms with Gasteiger partial charge in [0.15, 0.2) is 11.6 Å². The molecule has 0 bridgehead atoms. The summed E-state index contributed by atoms with van der Waals surface area (Å²) in [6, 6.07) is 23.8. The van der Waals surface area contributed by atoms with E-state index in [0.29, 0.717) is 34.6 Å². The van der Waals surface area contributed by atoms with E-state index in [1.54, 1.807) is 42.7 Å². The van der Waals surface area contributed by atoms with Crippen LogP contribution in [-0.4, -0.2) is 32.8 Å². The predicted octanol–water partition coefficient (Wildman–Crippen LogP) is 4.61. The number of rotatable bonds is 8. The highest BCUT2D eigenvalue weighted by molar-refractivity contribution is 6.09. The molecule has 3 aromatic carbocycles. The fraction of sp³-hybridized carbons (Fsp3) is 0.143. The minimum atomic E-state index is -0.151. The molecule has 0 unspecified atom stereocenters. The molecule has 5 rings (SSSR count). The topological polar surface area (TPSA) is 103 Å². The van der Waals surface area contributed by atoms with Gasteiger partial charge in [-0.2, -0.15) is 0 Å². The van der Waals surface area contributed by atoms with Crippen LogP contribution >= 0.6 is 0 Å². The van der Waals surface area contributed by atoms with E-state index in [9.17, 15) is 9.59 Å². The zero-order chi connectivity index (χ0) is 24.2. The monoisotopic (exact) mass is 463 g/mol. The molecular weight excluding hydrogens is 438 g/mol. The van der Waals surface area contributed by atoms with Gasteiger partial charge in [-0.3, -0.25) is 9.59 Å². The normalized spacial score (nSPS) is 11.1. The van der Waals surface area contributed by atoms with Gasteiger partial charge in [-0.15, -0.1) is 0 Å². The molecule has 7 nitrogen and oxygen atoms in total. The Morgan fingerprint density at radius 3 is 2.31 bits per heavy atom.